The number of amides is 4. The Morgan fingerprint density at radius 2 is 1.66 bits per heavy atom. The Morgan fingerprint density at radius 1 is 0.966 bits per heavy atom. The molecule has 1 aliphatic rings. The van der Waals surface area contributed by atoms with Gasteiger partial charge in [0.1, 0.15) is 5.75 Å². The number of ether oxygens (including phenoxy) is 1. The molecule has 0 radical (unpaired) electrons. The molecular weight excluding hydrogens is 376 g/mol. The molecule has 0 atom stereocenters. The summed E-state index contributed by atoms with van der Waals surface area (Å²) in [5.41, 5.74) is 2.56. The first-order valence-electron chi connectivity index (χ1n) is 8.86. The van der Waals surface area contributed by atoms with Crippen LogP contribution in [0.25, 0.3) is 0 Å². The number of nitrogens with one attached hydrogen (secondary N) is 4. The van der Waals surface area contributed by atoms with E-state index in [-0.39, 0.29) is 17.5 Å². The number of fused-ring (bicyclic) bond motifs is 1. The maximum Gasteiger partial charge on any atom is 0.314 e. The van der Waals surface area contributed by atoms with Crippen LogP contribution < -0.4 is 26.0 Å². The van der Waals surface area contributed by atoms with E-state index in [4.69, 9.17) is 4.74 Å². The average Bonchev–Trinajstić information content (AvgIpc) is 2.67. The molecule has 4 N–H and O–H groups in total. The molecule has 0 saturated heterocycles. The molecule has 0 spiro atoms. The van der Waals surface area contributed by atoms with Crippen molar-refractivity contribution in [1.29, 1.82) is 0 Å². The summed E-state index contributed by atoms with van der Waals surface area (Å²) in [4.78, 5) is 47.4. The first-order chi connectivity index (χ1) is 13.9. The summed E-state index contributed by atoms with van der Waals surface area (Å²) in [6.07, 6.45) is 0.943. The lowest BCUT2D eigenvalue weighted by Crippen LogP contribution is -2.29. The Hall–Kier alpha value is -3.88. The zero-order valence-corrected chi connectivity index (χ0v) is 15.9. The number of aryl methyl sites for hydroxylation is 1. The van der Waals surface area contributed by atoms with Gasteiger partial charge in [0, 0.05) is 30.4 Å². The van der Waals surface area contributed by atoms with Crippen LogP contribution in [0.5, 0.6) is 5.75 Å². The summed E-state index contributed by atoms with van der Waals surface area (Å²) in [7, 11) is 1.45. The largest absolute Gasteiger partial charge is 0.495 e. The highest BCUT2D eigenvalue weighted by molar-refractivity contribution is 6.43. The van der Waals surface area contributed by atoms with Gasteiger partial charge in [0.15, 0.2) is 0 Å². The minimum absolute atomic E-state index is 0.114. The van der Waals surface area contributed by atoms with E-state index in [2.05, 4.69) is 21.3 Å². The molecule has 29 heavy (non-hydrogen) atoms. The van der Waals surface area contributed by atoms with E-state index in [1.165, 1.54) is 20.1 Å². The average molecular weight is 396 g/mol. The standard InChI is InChI=1S/C20H20N4O5/c1-11(25)21-13-4-3-5-14(9-13)22-19(27)20(28)24-16-10-15-12(8-17(16)29-2)6-7-18(26)23-15/h3-5,8-10H,6-7H2,1-2H3,(H,21,25)(H,22,27)(H,23,26)(H,24,28). The third-order valence-corrected chi connectivity index (χ3v) is 4.22. The van der Waals surface area contributed by atoms with Crippen LogP contribution in [0, 0.1) is 0 Å². The highest BCUT2D eigenvalue weighted by Crippen LogP contribution is 2.34. The molecule has 9 nitrogen and oxygen atoms in total. The second-order valence-corrected chi connectivity index (χ2v) is 6.43. The van der Waals surface area contributed by atoms with Crippen LogP contribution in [0.2, 0.25) is 0 Å². The summed E-state index contributed by atoms with van der Waals surface area (Å²) in [5, 5.41) is 10.3. The third-order valence-electron chi connectivity index (χ3n) is 4.22. The van der Waals surface area contributed by atoms with Crippen LogP contribution in [0.1, 0.15) is 18.9 Å². The zero-order chi connectivity index (χ0) is 21.0. The Morgan fingerprint density at radius 3 is 2.34 bits per heavy atom. The van der Waals surface area contributed by atoms with Gasteiger partial charge in [-0.2, -0.15) is 0 Å². The fraction of sp³-hybridized carbons (Fsp3) is 0.200. The molecule has 9 heteroatoms. The highest BCUT2D eigenvalue weighted by atomic mass is 16.5. The Kier molecular flexibility index (Phi) is 5.77. The molecule has 4 amide bonds. The summed E-state index contributed by atoms with van der Waals surface area (Å²) >= 11 is 0. The lowest BCUT2D eigenvalue weighted by atomic mass is 10.0. The summed E-state index contributed by atoms with van der Waals surface area (Å²) < 4.78 is 5.29. The van der Waals surface area contributed by atoms with E-state index in [9.17, 15) is 19.2 Å². The minimum atomic E-state index is -0.907. The van der Waals surface area contributed by atoms with Gasteiger partial charge in [-0.3, -0.25) is 19.2 Å². The molecule has 1 aliphatic heterocycles. The molecule has 0 saturated carbocycles. The Bertz CT molecular complexity index is 1000. The van der Waals surface area contributed by atoms with Crippen LogP contribution in [-0.2, 0) is 25.6 Å². The molecule has 0 fully saturated rings. The van der Waals surface area contributed by atoms with Crippen LogP contribution >= 0.6 is 0 Å². The second-order valence-electron chi connectivity index (χ2n) is 6.43. The number of carbonyl (C=O) groups excluding carboxylic acids is 4. The van der Waals surface area contributed by atoms with Gasteiger partial charge in [-0.25, -0.2) is 0 Å². The number of methoxy groups -OCH3 is 1. The van der Waals surface area contributed by atoms with Gasteiger partial charge < -0.3 is 26.0 Å². The maximum absolute atomic E-state index is 12.3. The normalized spacial score (nSPS) is 12.3. The van der Waals surface area contributed by atoms with Crippen LogP contribution in [-0.4, -0.2) is 30.7 Å². The monoisotopic (exact) mass is 396 g/mol. The van der Waals surface area contributed by atoms with Crippen molar-refractivity contribution in [3.8, 4) is 5.75 Å². The molecule has 3 rings (SSSR count). The quantitative estimate of drug-likeness (QED) is 0.589. The predicted octanol–water partition coefficient (Wildman–Crippen LogP) is 2.12. The zero-order valence-electron chi connectivity index (χ0n) is 15.9. The van der Waals surface area contributed by atoms with Gasteiger partial charge in [-0.15, -0.1) is 0 Å². The van der Waals surface area contributed by atoms with Crippen LogP contribution in [0.4, 0.5) is 22.7 Å². The van der Waals surface area contributed by atoms with E-state index in [0.717, 1.165) is 5.56 Å². The molecular formula is C20H20N4O5. The van der Waals surface area contributed by atoms with E-state index < -0.39 is 11.8 Å². The lowest BCUT2D eigenvalue weighted by Gasteiger charge is -2.20. The number of benzene rings is 2. The molecule has 2 aromatic rings. The molecule has 2 aromatic carbocycles. The fourth-order valence-electron chi connectivity index (χ4n) is 2.92. The van der Waals surface area contributed by atoms with Gasteiger partial charge in [-0.05, 0) is 42.3 Å². The topological polar surface area (TPSA) is 126 Å². The number of hydrogen-bond acceptors (Lipinski definition) is 5. The number of hydrogen-bond donors (Lipinski definition) is 4. The number of carbonyl (C=O) groups is 4. The number of anilines is 4. The highest BCUT2D eigenvalue weighted by Gasteiger charge is 2.21. The molecule has 1 heterocycles. The molecule has 0 unspecified atom stereocenters. The van der Waals surface area contributed by atoms with Crippen molar-refractivity contribution in [2.75, 3.05) is 28.4 Å². The van der Waals surface area contributed by atoms with Crippen molar-refractivity contribution < 1.29 is 23.9 Å². The first-order valence-corrected chi connectivity index (χ1v) is 8.86. The van der Waals surface area contributed by atoms with Crippen LogP contribution in [0.3, 0.4) is 0 Å². The van der Waals surface area contributed by atoms with Gasteiger partial charge in [0.25, 0.3) is 0 Å². The van der Waals surface area contributed by atoms with Gasteiger partial charge in [-0.1, -0.05) is 6.07 Å². The van der Waals surface area contributed by atoms with E-state index in [0.29, 0.717) is 35.7 Å². The van der Waals surface area contributed by atoms with Crippen molar-refractivity contribution in [2.24, 2.45) is 0 Å². The third kappa shape index (κ3) is 4.89. The van der Waals surface area contributed by atoms with Crippen LogP contribution in [0.15, 0.2) is 36.4 Å². The molecule has 150 valence electrons. The second kappa shape index (κ2) is 8.42. The summed E-state index contributed by atoms with van der Waals surface area (Å²) in [5.74, 6) is -1.78. The maximum atomic E-state index is 12.3. The first kappa shape index (κ1) is 19.9. The fourth-order valence-corrected chi connectivity index (χ4v) is 2.92. The van der Waals surface area contributed by atoms with Crippen molar-refractivity contribution >= 4 is 46.4 Å². The minimum Gasteiger partial charge on any atom is -0.495 e. The van der Waals surface area contributed by atoms with Gasteiger partial charge >= 0.3 is 11.8 Å². The molecule has 0 aliphatic carbocycles. The van der Waals surface area contributed by atoms with Crippen molar-refractivity contribution in [1.82, 2.24) is 0 Å². The van der Waals surface area contributed by atoms with Gasteiger partial charge in [0.2, 0.25) is 11.8 Å². The Labute approximate surface area is 166 Å². The number of rotatable bonds is 4. The van der Waals surface area contributed by atoms with Gasteiger partial charge in [0.05, 0.1) is 12.8 Å². The summed E-state index contributed by atoms with van der Waals surface area (Å²) in [6.45, 7) is 1.37. The van der Waals surface area contributed by atoms with E-state index in [1.807, 2.05) is 0 Å². The lowest BCUT2D eigenvalue weighted by molar-refractivity contribution is -0.133. The van der Waals surface area contributed by atoms with E-state index >= 15 is 0 Å². The SMILES string of the molecule is COc1cc2c(cc1NC(=O)C(=O)Nc1cccc(NC(C)=O)c1)NC(=O)CC2. The van der Waals surface area contributed by atoms with Crippen molar-refractivity contribution in [3.05, 3.63) is 42.0 Å². The van der Waals surface area contributed by atoms with E-state index in [1.54, 1.807) is 30.3 Å². The smallest absolute Gasteiger partial charge is 0.314 e. The summed E-state index contributed by atoms with van der Waals surface area (Å²) in [6, 6.07) is 9.69. The van der Waals surface area contributed by atoms with Crippen molar-refractivity contribution in [2.45, 2.75) is 19.8 Å². The van der Waals surface area contributed by atoms with Crippen molar-refractivity contribution in [3.63, 3.8) is 0 Å². The predicted molar refractivity (Wildman–Crippen MR) is 108 cm³/mol. The Balaban J connectivity index is 1.73. The molecule has 0 bridgehead atoms. The molecule has 0 aromatic heterocycles.